The fourth-order valence-electron chi connectivity index (χ4n) is 4.50. The van der Waals surface area contributed by atoms with E-state index in [-0.39, 0.29) is 12.2 Å². The second kappa shape index (κ2) is 11.8. The summed E-state index contributed by atoms with van der Waals surface area (Å²) in [5, 5.41) is 0.959. The van der Waals surface area contributed by atoms with Crippen LogP contribution in [0.1, 0.15) is 42.1 Å². The average molecular weight is 594 g/mol. The Bertz CT molecular complexity index is 1810. The third kappa shape index (κ3) is 5.77. The quantitative estimate of drug-likeness (QED) is 0.247. The lowest BCUT2D eigenvalue weighted by Crippen LogP contribution is -2.39. The van der Waals surface area contributed by atoms with Crippen LogP contribution in [0, 0.1) is 6.92 Å². The number of halogens is 2. The maximum Gasteiger partial charge on any atom is 0.338 e. The molecule has 0 saturated carbocycles. The third-order valence-electron chi connectivity index (χ3n) is 6.46. The Morgan fingerprint density at radius 2 is 1.82 bits per heavy atom. The first-order chi connectivity index (χ1) is 19.2. The number of carbonyl (C=O) groups is 1. The molecule has 204 valence electrons. The summed E-state index contributed by atoms with van der Waals surface area (Å²) >= 11 is 13.4. The van der Waals surface area contributed by atoms with E-state index in [1.165, 1.54) is 11.3 Å². The molecule has 1 atom stereocenters. The van der Waals surface area contributed by atoms with Crippen LogP contribution in [0.4, 0.5) is 0 Å². The highest BCUT2D eigenvalue weighted by Crippen LogP contribution is 2.31. The lowest BCUT2D eigenvalue weighted by Gasteiger charge is -2.24. The molecule has 4 aromatic rings. The Hall–Kier alpha value is -3.65. The van der Waals surface area contributed by atoms with Crippen molar-refractivity contribution in [1.82, 2.24) is 4.57 Å². The van der Waals surface area contributed by atoms with Crippen molar-refractivity contribution in [2.75, 3.05) is 6.61 Å². The number of carbonyl (C=O) groups excluding carboxylic acids is 1. The van der Waals surface area contributed by atoms with Crippen LogP contribution in [-0.4, -0.2) is 17.1 Å². The lowest BCUT2D eigenvalue weighted by atomic mass is 9.95. The zero-order valence-electron chi connectivity index (χ0n) is 22.1. The highest BCUT2D eigenvalue weighted by molar-refractivity contribution is 7.07. The van der Waals surface area contributed by atoms with Gasteiger partial charge in [-0.15, -0.1) is 0 Å². The summed E-state index contributed by atoms with van der Waals surface area (Å²) in [5.41, 5.74) is 4.24. The summed E-state index contributed by atoms with van der Waals surface area (Å²) in [7, 11) is 0. The van der Waals surface area contributed by atoms with Crippen molar-refractivity contribution in [3.8, 4) is 5.75 Å². The second-order valence-corrected chi connectivity index (χ2v) is 11.1. The van der Waals surface area contributed by atoms with Gasteiger partial charge in [0.05, 0.1) is 38.5 Å². The molecule has 3 aromatic carbocycles. The van der Waals surface area contributed by atoms with Crippen molar-refractivity contribution in [1.29, 1.82) is 0 Å². The molecule has 0 spiro atoms. The molecule has 9 heteroatoms. The number of aryl methyl sites for hydroxylation is 1. The van der Waals surface area contributed by atoms with Crippen LogP contribution in [0.3, 0.4) is 0 Å². The molecular weight excluding hydrogens is 567 g/mol. The molecule has 1 aromatic heterocycles. The van der Waals surface area contributed by atoms with Gasteiger partial charge in [-0.3, -0.25) is 9.36 Å². The van der Waals surface area contributed by atoms with Gasteiger partial charge in [0.2, 0.25) is 0 Å². The van der Waals surface area contributed by atoms with Crippen LogP contribution < -0.4 is 19.6 Å². The number of ether oxygens (including phenoxy) is 2. The SMILES string of the molecule is CCOC(=O)C1=C(C)N=c2s/c(=C/c3cccc(OCc4ccc(Cl)c(Cl)c4)c3)c(=O)n2[C@@H]1c1ccc(C)cc1. The largest absolute Gasteiger partial charge is 0.489 e. The van der Waals surface area contributed by atoms with Crippen molar-refractivity contribution in [3.63, 3.8) is 0 Å². The number of thiazole rings is 1. The number of allylic oxidation sites excluding steroid dienone is 1. The number of benzene rings is 3. The normalized spacial score (nSPS) is 15.0. The molecule has 0 amide bonds. The fourth-order valence-corrected chi connectivity index (χ4v) is 5.86. The molecule has 0 unspecified atom stereocenters. The topological polar surface area (TPSA) is 69.9 Å². The Kier molecular flexibility index (Phi) is 8.26. The first-order valence-corrected chi connectivity index (χ1v) is 14.3. The minimum absolute atomic E-state index is 0.226. The summed E-state index contributed by atoms with van der Waals surface area (Å²) in [6.45, 7) is 6.07. The monoisotopic (exact) mass is 592 g/mol. The zero-order valence-corrected chi connectivity index (χ0v) is 24.4. The van der Waals surface area contributed by atoms with E-state index in [1.807, 2.05) is 67.6 Å². The van der Waals surface area contributed by atoms with Crippen molar-refractivity contribution in [2.45, 2.75) is 33.4 Å². The molecular formula is C31H26Cl2N2O4S. The van der Waals surface area contributed by atoms with E-state index in [2.05, 4.69) is 4.99 Å². The third-order valence-corrected chi connectivity index (χ3v) is 8.18. The first kappa shape index (κ1) is 27.9. The summed E-state index contributed by atoms with van der Waals surface area (Å²) in [4.78, 5) is 32.0. The van der Waals surface area contributed by atoms with Gasteiger partial charge in [-0.2, -0.15) is 0 Å². The molecule has 0 saturated heterocycles. The summed E-state index contributed by atoms with van der Waals surface area (Å²) in [5.74, 6) is 0.168. The molecule has 40 heavy (non-hydrogen) atoms. The van der Waals surface area contributed by atoms with Crippen LogP contribution in [0.2, 0.25) is 10.0 Å². The number of aromatic nitrogens is 1. The molecule has 0 radical (unpaired) electrons. The van der Waals surface area contributed by atoms with Gasteiger partial charge in [-0.25, -0.2) is 9.79 Å². The van der Waals surface area contributed by atoms with Crippen molar-refractivity contribution in [3.05, 3.63) is 130 Å². The van der Waals surface area contributed by atoms with E-state index in [9.17, 15) is 9.59 Å². The van der Waals surface area contributed by atoms with E-state index in [4.69, 9.17) is 32.7 Å². The van der Waals surface area contributed by atoms with Crippen LogP contribution in [-0.2, 0) is 16.1 Å². The number of rotatable bonds is 7. The standard InChI is InChI=1S/C31H26Cl2N2O4S/c1-4-38-30(37)27-19(3)34-31-35(28(27)22-11-8-18(2)9-12-22)29(36)26(40-31)16-20-6-5-7-23(14-20)39-17-21-10-13-24(32)25(33)15-21/h5-16,28H,4,17H2,1-3H3/b26-16+/t28-/m1/s1. The van der Waals surface area contributed by atoms with Crippen molar-refractivity contribution in [2.24, 2.45) is 4.99 Å². The van der Waals surface area contributed by atoms with Crippen LogP contribution in [0.5, 0.6) is 5.75 Å². The maximum absolute atomic E-state index is 13.8. The number of hydrogen-bond donors (Lipinski definition) is 0. The number of nitrogens with zero attached hydrogens (tertiary/aromatic N) is 2. The molecule has 0 fully saturated rings. The molecule has 0 N–H and O–H groups in total. The maximum atomic E-state index is 13.8. The summed E-state index contributed by atoms with van der Waals surface area (Å²) < 4.78 is 13.4. The van der Waals surface area contributed by atoms with E-state index >= 15 is 0 Å². The molecule has 6 nitrogen and oxygen atoms in total. The Morgan fingerprint density at radius 1 is 1.05 bits per heavy atom. The number of fused-ring (bicyclic) bond motifs is 1. The van der Waals surface area contributed by atoms with Gasteiger partial charge in [0, 0.05) is 0 Å². The highest BCUT2D eigenvalue weighted by atomic mass is 35.5. The molecule has 2 heterocycles. The Labute approximate surface area is 245 Å². The average Bonchev–Trinajstić information content (AvgIpc) is 3.23. The van der Waals surface area contributed by atoms with Gasteiger partial charge in [0.15, 0.2) is 4.80 Å². The zero-order chi connectivity index (χ0) is 28.4. The molecule has 1 aliphatic heterocycles. The van der Waals surface area contributed by atoms with Crippen LogP contribution in [0.15, 0.2) is 87.8 Å². The van der Waals surface area contributed by atoms with E-state index in [0.717, 1.165) is 22.3 Å². The predicted molar refractivity (Wildman–Crippen MR) is 159 cm³/mol. The van der Waals surface area contributed by atoms with Gasteiger partial charge in [0.25, 0.3) is 5.56 Å². The minimum Gasteiger partial charge on any atom is -0.489 e. The van der Waals surface area contributed by atoms with Crippen LogP contribution >= 0.6 is 34.5 Å². The molecule has 1 aliphatic rings. The molecule has 0 aliphatic carbocycles. The minimum atomic E-state index is -0.640. The first-order valence-electron chi connectivity index (χ1n) is 12.7. The van der Waals surface area contributed by atoms with E-state index in [1.54, 1.807) is 30.5 Å². The molecule has 5 rings (SSSR count). The second-order valence-electron chi connectivity index (χ2n) is 9.32. The Morgan fingerprint density at radius 3 is 2.55 bits per heavy atom. The van der Waals surface area contributed by atoms with Gasteiger partial charge in [-0.05, 0) is 67.8 Å². The van der Waals surface area contributed by atoms with E-state index < -0.39 is 12.0 Å². The summed E-state index contributed by atoms with van der Waals surface area (Å²) in [6.07, 6.45) is 1.81. The lowest BCUT2D eigenvalue weighted by molar-refractivity contribution is -0.139. The van der Waals surface area contributed by atoms with Gasteiger partial charge >= 0.3 is 5.97 Å². The Balaban J connectivity index is 1.52. The predicted octanol–water partition coefficient (Wildman–Crippen LogP) is 5.99. The number of esters is 1. The smallest absolute Gasteiger partial charge is 0.338 e. The van der Waals surface area contributed by atoms with E-state index in [0.29, 0.717) is 43.0 Å². The van der Waals surface area contributed by atoms with Crippen molar-refractivity contribution < 1.29 is 14.3 Å². The highest BCUT2D eigenvalue weighted by Gasteiger charge is 2.33. The number of hydrogen-bond acceptors (Lipinski definition) is 6. The summed E-state index contributed by atoms with van der Waals surface area (Å²) in [6, 6.07) is 20.0. The van der Waals surface area contributed by atoms with Gasteiger partial charge in [-0.1, -0.05) is 82.6 Å². The van der Waals surface area contributed by atoms with Gasteiger partial charge in [0.1, 0.15) is 12.4 Å². The fraction of sp³-hybridized carbons (Fsp3) is 0.194. The van der Waals surface area contributed by atoms with Crippen molar-refractivity contribution >= 4 is 46.6 Å². The van der Waals surface area contributed by atoms with Crippen LogP contribution in [0.25, 0.3) is 6.08 Å². The van der Waals surface area contributed by atoms with Gasteiger partial charge < -0.3 is 9.47 Å². The molecule has 0 bridgehead atoms.